The molecule has 0 unspecified atom stereocenters. The van der Waals surface area contributed by atoms with Gasteiger partial charge in [0.2, 0.25) is 0 Å². The SMILES string of the molecule is CC(C)(CCN)c1ccc2c(c1)NC(=O)CO2. The molecule has 1 heterocycles. The molecule has 0 saturated carbocycles. The molecule has 0 aliphatic carbocycles. The van der Waals surface area contributed by atoms with Crippen molar-refractivity contribution in [2.24, 2.45) is 5.73 Å². The van der Waals surface area contributed by atoms with Crippen molar-refractivity contribution in [3.8, 4) is 5.75 Å². The maximum Gasteiger partial charge on any atom is 0.262 e. The van der Waals surface area contributed by atoms with Crippen molar-refractivity contribution in [3.05, 3.63) is 23.8 Å². The number of carbonyl (C=O) groups is 1. The molecule has 92 valence electrons. The van der Waals surface area contributed by atoms with E-state index in [1.807, 2.05) is 18.2 Å². The highest BCUT2D eigenvalue weighted by molar-refractivity contribution is 5.95. The van der Waals surface area contributed by atoms with Crippen molar-refractivity contribution in [1.29, 1.82) is 0 Å². The number of fused-ring (bicyclic) bond motifs is 1. The number of nitrogens with two attached hydrogens (primary N) is 1. The summed E-state index contributed by atoms with van der Waals surface area (Å²) in [6.45, 7) is 5.03. The molecule has 4 heteroatoms. The molecule has 2 rings (SSSR count). The molecule has 17 heavy (non-hydrogen) atoms. The van der Waals surface area contributed by atoms with Crippen molar-refractivity contribution in [2.45, 2.75) is 25.7 Å². The Labute approximate surface area is 101 Å². The minimum absolute atomic E-state index is 0.00591. The van der Waals surface area contributed by atoms with Crippen LogP contribution in [0.4, 0.5) is 5.69 Å². The molecule has 1 aliphatic heterocycles. The van der Waals surface area contributed by atoms with E-state index in [1.165, 1.54) is 0 Å². The lowest BCUT2D eigenvalue weighted by Crippen LogP contribution is -2.27. The molecule has 0 aromatic heterocycles. The number of anilines is 1. The van der Waals surface area contributed by atoms with Crippen LogP contribution in [0.2, 0.25) is 0 Å². The molecule has 1 aliphatic rings. The molecule has 1 aromatic carbocycles. The summed E-state index contributed by atoms with van der Waals surface area (Å²) in [6, 6.07) is 5.91. The summed E-state index contributed by atoms with van der Waals surface area (Å²) in [5, 5.41) is 2.82. The van der Waals surface area contributed by atoms with Crippen molar-refractivity contribution < 1.29 is 9.53 Å². The summed E-state index contributed by atoms with van der Waals surface area (Å²) in [6.07, 6.45) is 0.903. The van der Waals surface area contributed by atoms with Crippen molar-refractivity contribution in [1.82, 2.24) is 0 Å². The molecule has 0 atom stereocenters. The van der Waals surface area contributed by atoms with Crippen LogP contribution in [0.15, 0.2) is 18.2 Å². The fraction of sp³-hybridized carbons (Fsp3) is 0.462. The van der Waals surface area contributed by atoms with Crippen LogP contribution in [0.25, 0.3) is 0 Å². The Bertz CT molecular complexity index is 441. The van der Waals surface area contributed by atoms with Crippen LogP contribution in [-0.2, 0) is 10.2 Å². The molecule has 1 aromatic rings. The van der Waals surface area contributed by atoms with Gasteiger partial charge in [-0.1, -0.05) is 19.9 Å². The first-order chi connectivity index (χ1) is 8.03. The van der Waals surface area contributed by atoms with E-state index in [-0.39, 0.29) is 17.9 Å². The standard InChI is InChI=1S/C13H18N2O2/c1-13(2,5-6-14)9-3-4-11-10(7-9)15-12(16)8-17-11/h3-4,7H,5-6,8,14H2,1-2H3,(H,15,16). The number of ether oxygens (including phenoxy) is 1. The Morgan fingerprint density at radius 1 is 1.47 bits per heavy atom. The van der Waals surface area contributed by atoms with Crippen LogP contribution in [-0.4, -0.2) is 19.1 Å². The second kappa shape index (κ2) is 4.37. The number of rotatable bonds is 3. The van der Waals surface area contributed by atoms with Crippen molar-refractivity contribution in [3.63, 3.8) is 0 Å². The zero-order chi connectivity index (χ0) is 12.5. The number of amides is 1. The molecule has 0 saturated heterocycles. The molecule has 0 radical (unpaired) electrons. The Hall–Kier alpha value is -1.55. The Morgan fingerprint density at radius 3 is 2.94 bits per heavy atom. The largest absolute Gasteiger partial charge is 0.482 e. The molecular formula is C13H18N2O2. The smallest absolute Gasteiger partial charge is 0.262 e. The van der Waals surface area contributed by atoms with Crippen LogP contribution in [0.1, 0.15) is 25.8 Å². The average Bonchev–Trinajstić information content (AvgIpc) is 2.28. The van der Waals surface area contributed by atoms with E-state index in [0.717, 1.165) is 23.4 Å². The number of carbonyl (C=O) groups excluding carboxylic acids is 1. The van der Waals surface area contributed by atoms with Gasteiger partial charge >= 0.3 is 0 Å². The average molecular weight is 234 g/mol. The van der Waals surface area contributed by atoms with Crippen LogP contribution in [0.3, 0.4) is 0 Å². The maximum atomic E-state index is 11.3. The van der Waals surface area contributed by atoms with Gasteiger partial charge in [-0.25, -0.2) is 0 Å². The van der Waals surface area contributed by atoms with Gasteiger partial charge in [-0.2, -0.15) is 0 Å². The number of hydrogen-bond acceptors (Lipinski definition) is 3. The number of nitrogens with one attached hydrogen (secondary N) is 1. The van der Waals surface area contributed by atoms with E-state index >= 15 is 0 Å². The lowest BCUT2D eigenvalue weighted by molar-refractivity contribution is -0.118. The number of benzene rings is 1. The summed E-state index contributed by atoms with van der Waals surface area (Å²) in [5.41, 5.74) is 7.54. The number of hydrogen-bond donors (Lipinski definition) is 2. The normalized spacial score (nSPS) is 14.9. The molecule has 3 N–H and O–H groups in total. The van der Waals surface area contributed by atoms with Crippen LogP contribution < -0.4 is 15.8 Å². The molecular weight excluding hydrogens is 216 g/mol. The minimum atomic E-state index is -0.105. The fourth-order valence-electron chi connectivity index (χ4n) is 2.01. The van der Waals surface area contributed by atoms with Gasteiger partial charge in [0.15, 0.2) is 6.61 Å². The van der Waals surface area contributed by atoms with E-state index in [0.29, 0.717) is 6.54 Å². The first-order valence-corrected chi connectivity index (χ1v) is 5.80. The highest BCUT2D eigenvalue weighted by Crippen LogP contribution is 2.34. The van der Waals surface area contributed by atoms with Gasteiger partial charge in [0.05, 0.1) is 5.69 Å². The van der Waals surface area contributed by atoms with E-state index in [1.54, 1.807) is 0 Å². The van der Waals surface area contributed by atoms with E-state index < -0.39 is 0 Å². The molecule has 0 bridgehead atoms. The van der Waals surface area contributed by atoms with Gasteiger partial charge < -0.3 is 15.8 Å². The van der Waals surface area contributed by atoms with Crippen molar-refractivity contribution in [2.75, 3.05) is 18.5 Å². The molecule has 1 amide bonds. The summed E-state index contributed by atoms with van der Waals surface area (Å²) < 4.78 is 5.33. The van der Waals surface area contributed by atoms with Gasteiger partial charge in [-0.3, -0.25) is 4.79 Å². The Balaban J connectivity index is 2.32. The Kier molecular flexibility index (Phi) is 3.07. The summed E-state index contributed by atoms with van der Waals surface area (Å²) in [5.74, 6) is 0.628. The third kappa shape index (κ3) is 2.42. The van der Waals surface area contributed by atoms with Gasteiger partial charge in [0.1, 0.15) is 5.75 Å². The van der Waals surface area contributed by atoms with E-state index in [2.05, 4.69) is 19.2 Å². The van der Waals surface area contributed by atoms with Gasteiger partial charge in [-0.05, 0) is 36.1 Å². The topological polar surface area (TPSA) is 64.3 Å². The predicted octanol–water partition coefficient (Wildman–Crippen LogP) is 1.64. The highest BCUT2D eigenvalue weighted by Gasteiger charge is 2.23. The first-order valence-electron chi connectivity index (χ1n) is 5.80. The third-order valence-electron chi connectivity index (χ3n) is 3.16. The van der Waals surface area contributed by atoms with E-state index in [4.69, 9.17) is 10.5 Å². The summed E-state index contributed by atoms with van der Waals surface area (Å²) in [4.78, 5) is 11.3. The van der Waals surface area contributed by atoms with Gasteiger partial charge in [0.25, 0.3) is 5.91 Å². The lowest BCUT2D eigenvalue weighted by Gasteiger charge is -2.27. The van der Waals surface area contributed by atoms with Gasteiger partial charge in [0, 0.05) is 0 Å². The molecule has 0 fully saturated rings. The molecule has 4 nitrogen and oxygen atoms in total. The quantitative estimate of drug-likeness (QED) is 0.835. The van der Waals surface area contributed by atoms with Crippen LogP contribution in [0, 0.1) is 0 Å². The zero-order valence-corrected chi connectivity index (χ0v) is 10.2. The third-order valence-corrected chi connectivity index (χ3v) is 3.16. The fourth-order valence-corrected chi connectivity index (χ4v) is 2.01. The summed E-state index contributed by atoms with van der Waals surface area (Å²) in [7, 11) is 0. The lowest BCUT2D eigenvalue weighted by atomic mass is 9.81. The van der Waals surface area contributed by atoms with Crippen molar-refractivity contribution >= 4 is 11.6 Å². The van der Waals surface area contributed by atoms with Gasteiger partial charge in [-0.15, -0.1) is 0 Å². The van der Waals surface area contributed by atoms with Crippen LogP contribution >= 0.6 is 0 Å². The summed E-state index contributed by atoms with van der Waals surface area (Å²) >= 11 is 0. The second-order valence-electron chi connectivity index (χ2n) is 4.97. The highest BCUT2D eigenvalue weighted by atomic mass is 16.5. The minimum Gasteiger partial charge on any atom is -0.482 e. The predicted molar refractivity (Wildman–Crippen MR) is 67.3 cm³/mol. The van der Waals surface area contributed by atoms with Crippen LogP contribution in [0.5, 0.6) is 5.75 Å². The zero-order valence-electron chi connectivity index (χ0n) is 10.2. The second-order valence-corrected chi connectivity index (χ2v) is 4.97. The molecule has 0 spiro atoms. The first kappa shape index (κ1) is 11.9. The maximum absolute atomic E-state index is 11.3. The monoisotopic (exact) mass is 234 g/mol. The Morgan fingerprint density at radius 2 is 2.24 bits per heavy atom. The van der Waals surface area contributed by atoms with E-state index in [9.17, 15) is 4.79 Å².